The summed E-state index contributed by atoms with van der Waals surface area (Å²) in [6, 6.07) is 9.26. The van der Waals surface area contributed by atoms with Gasteiger partial charge in [-0.1, -0.05) is 36.4 Å². The maximum Gasteiger partial charge on any atom is 0.413 e. The van der Waals surface area contributed by atoms with Gasteiger partial charge in [0, 0.05) is 26.3 Å². The van der Waals surface area contributed by atoms with Gasteiger partial charge in [0.1, 0.15) is 6.61 Å². The SMILES string of the molecule is C=CCC1CCN(C(=O)OCc2ccccc2)C(C)(OC(C)=O)C1OC(C)=O. The van der Waals surface area contributed by atoms with Gasteiger partial charge in [-0.25, -0.2) is 4.79 Å². The first-order chi connectivity index (χ1) is 13.3. The second-order valence-electron chi connectivity index (χ2n) is 6.94. The molecule has 0 aliphatic carbocycles. The lowest BCUT2D eigenvalue weighted by Gasteiger charge is -2.49. The summed E-state index contributed by atoms with van der Waals surface area (Å²) in [5.41, 5.74) is -0.639. The molecule has 0 N–H and O–H groups in total. The van der Waals surface area contributed by atoms with E-state index in [1.807, 2.05) is 30.3 Å². The Hall–Kier alpha value is -2.83. The summed E-state index contributed by atoms with van der Waals surface area (Å²) in [5.74, 6) is -1.24. The molecule has 0 spiro atoms. The van der Waals surface area contributed by atoms with E-state index in [1.54, 1.807) is 13.0 Å². The predicted octanol–water partition coefficient (Wildman–Crippen LogP) is 3.43. The number of nitrogens with zero attached hydrogens (tertiary/aromatic N) is 1. The number of rotatable bonds is 6. The standard InChI is InChI=1S/C21H27NO6/c1-5-9-18-12-13-22(20(25)26-14-17-10-7-6-8-11-17)21(4,28-16(3)24)19(18)27-15(2)23/h5-8,10-11,18-19H,1,9,12-14H2,2-4H3. The largest absolute Gasteiger partial charge is 0.456 e. The maximum atomic E-state index is 12.8. The van der Waals surface area contributed by atoms with E-state index in [0.29, 0.717) is 19.4 Å². The highest BCUT2D eigenvalue weighted by Crippen LogP contribution is 2.38. The molecule has 3 unspecified atom stereocenters. The first-order valence-corrected chi connectivity index (χ1v) is 9.24. The molecule has 1 fully saturated rings. The number of piperidine rings is 1. The highest BCUT2D eigenvalue weighted by Gasteiger charge is 2.54. The molecule has 0 radical (unpaired) electrons. The van der Waals surface area contributed by atoms with Gasteiger partial charge < -0.3 is 14.2 Å². The zero-order valence-electron chi connectivity index (χ0n) is 16.6. The minimum atomic E-state index is -1.47. The van der Waals surface area contributed by atoms with Gasteiger partial charge in [0.05, 0.1) is 0 Å². The van der Waals surface area contributed by atoms with Crippen molar-refractivity contribution in [1.82, 2.24) is 4.90 Å². The molecule has 0 saturated carbocycles. The molecule has 1 aromatic carbocycles. The van der Waals surface area contributed by atoms with Crippen molar-refractivity contribution in [2.24, 2.45) is 5.92 Å². The number of hydrogen-bond donors (Lipinski definition) is 0. The molecule has 28 heavy (non-hydrogen) atoms. The summed E-state index contributed by atoms with van der Waals surface area (Å²) >= 11 is 0. The van der Waals surface area contributed by atoms with Crippen molar-refractivity contribution in [3.8, 4) is 0 Å². The first kappa shape index (κ1) is 21.5. The second kappa shape index (κ2) is 9.39. The average molecular weight is 389 g/mol. The van der Waals surface area contributed by atoms with Crippen LogP contribution in [0.2, 0.25) is 0 Å². The van der Waals surface area contributed by atoms with Crippen LogP contribution >= 0.6 is 0 Å². The summed E-state index contributed by atoms with van der Waals surface area (Å²) in [4.78, 5) is 37.6. The van der Waals surface area contributed by atoms with Gasteiger partial charge in [-0.05, 0) is 25.3 Å². The van der Waals surface area contributed by atoms with E-state index < -0.39 is 29.9 Å². The third-order valence-corrected chi connectivity index (χ3v) is 4.75. The molecule has 7 nitrogen and oxygen atoms in total. The fraction of sp³-hybridized carbons (Fsp3) is 0.476. The molecule has 1 amide bonds. The number of carbonyl (C=O) groups excluding carboxylic acids is 3. The topological polar surface area (TPSA) is 82.1 Å². The van der Waals surface area contributed by atoms with Crippen LogP contribution in [0.1, 0.15) is 39.2 Å². The Balaban J connectivity index is 2.27. The first-order valence-electron chi connectivity index (χ1n) is 9.24. The molecule has 1 aromatic rings. The molecule has 0 aromatic heterocycles. The summed E-state index contributed by atoms with van der Waals surface area (Å²) < 4.78 is 16.5. The summed E-state index contributed by atoms with van der Waals surface area (Å²) in [6.45, 7) is 8.23. The molecular weight excluding hydrogens is 362 g/mol. The third-order valence-electron chi connectivity index (χ3n) is 4.75. The molecular formula is C21H27NO6. The number of allylic oxidation sites excluding steroid dienone is 1. The molecule has 2 rings (SSSR count). The van der Waals surface area contributed by atoms with Crippen LogP contribution in [-0.2, 0) is 30.4 Å². The molecule has 0 bridgehead atoms. The highest BCUT2D eigenvalue weighted by atomic mass is 16.6. The van der Waals surface area contributed by atoms with E-state index in [9.17, 15) is 14.4 Å². The van der Waals surface area contributed by atoms with E-state index in [1.165, 1.54) is 18.7 Å². The Morgan fingerprint density at radius 3 is 2.46 bits per heavy atom. The Morgan fingerprint density at radius 1 is 1.21 bits per heavy atom. The van der Waals surface area contributed by atoms with E-state index >= 15 is 0 Å². The van der Waals surface area contributed by atoms with E-state index in [-0.39, 0.29) is 12.5 Å². The molecule has 3 atom stereocenters. The summed E-state index contributed by atoms with van der Waals surface area (Å²) in [6.07, 6.45) is 1.37. The minimum Gasteiger partial charge on any atom is -0.456 e. The fourth-order valence-electron chi connectivity index (χ4n) is 3.57. The van der Waals surface area contributed by atoms with Gasteiger partial charge in [0.15, 0.2) is 6.10 Å². The number of likely N-dealkylation sites (tertiary alicyclic amines) is 1. The Morgan fingerprint density at radius 2 is 1.89 bits per heavy atom. The van der Waals surface area contributed by atoms with Gasteiger partial charge >= 0.3 is 18.0 Å². The van der Waals surface area contributed by atoms with Crippen molar-refractivity contribution in [2.45, 2.75) is 52.0 Å². The van der Waals surface area contributed by atoms with Gasteiger partial charge in [-0.3, -0.25) is 14.5 Å². The highest BCUT2D eigenvalue weighted by molar-refractivity contribution is 5.72. The lowest BCUT2D eigenvalue weighted by molar-refractivity contribution is -0.231. The third kappa shape index (κ3) is 5.12. The van der Waals surface area contributed by atoms with Gasteiger partial charge in [0.25, 0.3) is 0 Å². The number of esters is 2. The minimum absolute atomic E-state index is 0.0840. The summed E-state index contributed by atoms with van der Waals surface area (Å²) in [7, 11) is 0. The number of benzene rings is 1. The Labute approximate surface area is 165 Å². The van der Waals surface area contributed by atoms with Crippen molar-refractivity contribution >= 4 is 18.0 Å². The zero-order valence-corrected chi connectivity index (χ0v) is 16.6. The van der Waals surface area contributed by atoms with Crippen LogP contribution in [-0.4, -0.2) is 41.3 Å². The van der Waals surface area contributed by atoms with Crippen molar-refractivity contribution in [1.29, 1.82) is 0 Å². The quantitative estimate of drug-likeness (QED) is 0.421. The number of ether oxygens (including phenoxy) is 3. The lowest BCUT2D eigenvalue weighted by Crippen LogP contribution is -2.66. The van der Waals surface area contributed by atoms with Crippen LogP contribution in [0, 0.1) is 5.92 Å². The van der Waals surface area contributed by atoms with E-state index in [0.717, 1.165) is 5.56 Å². The Bertz CT molecular complexity index is 719. The van der Waals surface area contributed by atoms with Crippen LogP contribution < -0.4 is 0 Å². The number of carbonyl (C=O) groups is 3. The average Bonchev–Trinajstić information content (AvgIpc) is 2.63. The van der Waals surface area contributed by atoms with Crippen LogP contribution in [0.15, 0.2) is 43.0 Å². The normalized spacial score (nSPS) is 24.2. The second-order valence-corrected chi connectivity index (χ2v) is 6.94. The van der Waals surface area contributed by atoms with Crippen molar-refractivity contribution in [3.05, 3.63) is 48.6 Å². The number of amides is 1. The fourth-order valence-corrected chi connectivity index (χ4v) is 3.57. The summed E-state index contributed by atoms with van der Waals surface area (Å²) in [5, 5.41) is 0. The molecule has 1 aliphatic rings. The molecule has 1 saturated heterocycles. The monoisotopic (exact) mass is 389 g/mol. The maximum absolute atomic E-state index is 12.8. The van der Waals surface area contributed by atoms with Gasteiger partial charge in [-0.15, -0.1) is 6.58 Å². The lowest BCUT2D eigenvalue weighted by atomic mass is 9.83. The van der Waals surface area contributed by atoms with Crippen LogP contribution in [0.25, 0.3) is 0 Å². The van der Waals surface area contributed by atoms with Crippen LogP contribution in [0.3, 0.4) is 0 Å². The van der Waals surface area contributed by atoms with Crippen molar-refractivity contribution in [2.75, 3.05) is 6.54 Å². The molecule has 1 heterocycles. The number of hydrogen-bond acceptors (Lipinski definition) is 6. The van der Waals surface area contributed by atoms with Crippen molar-refractivity contribution < 1.29 is 28.6 Å². The van der Waals surface area contributed by atoms with E-state index in [2.05, 4.69) is 6.58 Å². The molecule has 7 heteroatoms. The smallest absolute Gasteiger partial charge is 0.413 e. The zero-order chi connectivity index (χ0) is 20.7. The van der Waals surface area contributed by atoms with E-state index in [4.69, 9.17) is 14.2 Å². The predicted molar refractivity (Wildman–Crippen MR) is 102 cm³/mol. The van der Waals surface area contributed by atoms with Gasteiger partial charge in [0.2, 0.25) is 5.72 Å². The van der Waals surface area contributed by atoms with Crippen molar-refractivity contribution in [3.63, 3.8) is 0 Å². The molecule has 152 valence electrons. The van der Waals surface area contributed by atoms with Crippen LogP contribution in [0.5, 0.6) is 0 Å². The Kier molecular flexibility index (Phi) is 7.20. The molecule has 1 aliphatic heterocycles. The van der Waals surface area contributed by atoms with Crippen LogP contribution in [0.4, 0.5) is 4.79 Å². The van der Waals surface area contributed by atoms with Gasteiger partial charge in [-0.2, -0.15) is 0 Å².